The molecule has 1 rings (SSSR count). The molecule has 0 bridgehead atoms. The molecule has 3 heteroatoms. The van der Waals surface area contributed by atoms with Crippen LogP contribution in [-0.2, 0) is 5.11 Å². The van der Waals surface area contributed by atoms with Gasteiger partial charge in [0.25, 0.3) is 0 Å². The Bertz CT molecular complexity index is 60.7. The fourth-order valence-electron chi connectivity index (χ4n) is 0.513. The van der Waals surface area contributed by atoms with E-state index < -0.39 is 6.29 Å². The monoisotopic (exact) mass is 102 g/mol. The summed E-state index contributed by atoms with van der Waals surface area (Å²) in [4.78, 5) is 0. The molecule has 0 amide bonds. The highest BCUT2D eigenvalue weighted by molar-refractivity contribution is 4.75. The second-order valence-corrected chi connectivity index (χ2v) is 1.81. The quantitative estimate of drug-likeness (QED) is 0.415. The van der Waals surface area contributed by atoms with Crippen LogP contribution in [0.5, 0.6) is 0 Å². The Balaban J connectivity index is 2.14. The summed E-state index contributed by atoms with van der Waals surface area (Å²) < 4.78 is 0. The summed E-state index contributed by atoms with van der Waals surface area (Å²) in [5.74, 6) is -0.0278. The van der Waals surface area contributed by atoms with Gasteiger partial charge in [0.1, 0.15) is 0 Å². The zero-order valence-electron chi connectivity index (χ0n) is 3.92. The fourth-order valence-corrected chi connectivity index (χ4v) is 0.513. The molecule has 1 aliphatic rings. The lowest BCUT2D eigenvalue weighted by molar-refractivity contribution is -0.140. The van der Waals surface area contributed by atoms with Crippen LogP contribution < -0.4 is 5.32 Å². The first kappa shape index (κ1) is 5.03. The molecule has 0 aromatic rings. The molecule has 1 heterocycles. The van der Waals surface area contributed by atoms with Gasteiger partial charge in [0.05, 0.1) is 0 Å². The molecule has 0 aromatic carbocycles. The zero-order chi connectivity index (χ0) is 5.28. The number of aliphatic hydroxyl groups excluding tert-OH is 1. The van der Waals surface area contributed by atoms with E-state index in [1.54, 1.807) is 0 Å². The predicted molar refractivity (Wildman–Crippen MR) is 23.1 cm³/mol. The number of hydrogen-bond acceptors (Lipinski definition) is 2. The van der Waals surface area contributed by atoms with Crippen molar-refractivity contribution >= 4 is 0 Å². The predicted octanol–water partition coefficient (Wildman–Crippen LogP) is -1.05. The minimum atomic E-state index is -1.36. The normalized spacial score (nSPS) is 22.7. The fraction of sp³-hybridized carbons (Fsp3) is 1.00. The summed E-state index contributed by atoms with van der Waals surface area (Å²) in [6.45, 7) is 1.37. The summed E-state index contributed by atoms with van der Waals surface area (Å²) in [6, 6.07) is 0. The molecule has 1 fully saturated rings. The molecule has 3 nitrogen and oxygen atoms in total. The number of aliphatic hydroxyl groups is 1. The molecule has 7 heavy (non-hydrogen) atoms. The molecule has 0 saturated carbocycles. The maximum absolute atomic E-state index is 10.0. The van der Waals surface area contributed by atoms with Crippen molar-refractivity contribution in [2.24, 2.45) is 5.92 Å². The van der Waals surface area contributed by atoms with Crippen molar-refractivity contribution in [2.75, 3.05) is 13.1 Å². The highest BCUT2D eigenvalue weighted by Crippen LogP contribution is 2.05. The van der Waals surface area contributed by atoms with Crippen LogP contribution in [0.1, 0.15) is 0 Å². The van der Waals surface area contributed by atoms with Crippen LogP contribution in [0, 0.1) is 5.92 Å². The molecule has 0 spiro atoms. The van der Waals surface area contributed by atoms with Gasteiger partial charge >= 0.3 is 0 Å². The van der Waals surface area contributed by atoms with Gasteiger partial charge in [0.2, 0.25) is 0 Å². The Hall–Kier alpha value is -0.120. The van der Waals surface area contributed by atoms with Crippen LogP contribution >= 0.6 is 0 Å². The summed E-state index contributed by atoms with van der Waals surface area (Å²) in [5.41, 5.74) is 0. The van der Waals surface area contributed by atoms with Crippen LogP contribution in [0.25, 0.3) is 0 Å². The third-order valence-corrected chi connectivity index (χ3v) is 1.22. The second kappa shape index (κ2) is 1.78. The van der Waals surface area contributed by atoms with Crippen molar-refractivity contribution in [2.45, 2.75) is 6.29 Å². The van der Waals surface area contributed by atoms with E-state index in [-0.39, 0.29) is 5.92 Å². The van der Waals surface area contributed by atoms with Crippen molar-refractivity contribution in [3.8, 4) is 0 Å². The molecule has 1 radical (unpaired) electrons. The first-order valence-electron chi connectivity index (χ1n) is 2.35. The van der Waals surface area contributed by atoms with Crippen molar-refractivity contribution in [1.82, 2.24) is 5.32 Å². The zero-order valence-corrected chi connectivity index (χ0v) is 3.92. The molecule has 1 unspecified atom stereocenters. The highest BCUT2D eigenvalue weighted by atomic mass is 16.5. The smallest absolute Gasteiger partial charge is 0.194 e. The highest BCUT2D eigenvalue weighted by Gasteiger charge is 2.23. The summed E-state index contributed by atoms with van der Waals surface area (Å²) >= 11 is 0. The summed E-state index contributed by atoms with van der Waals surface area (Å²) in [6.07, 6.45) is -1.36. The Morgan fingerprint density at radius 1 is 1.71 bits per heavy atom. The van der Waals surface area contributed by atoms with Crippen molar-refractivity contribution in [3.63, 3.8) is 0 Å². The second-order valence-electron chi connectivity index (χ2n) is 1.81. The van der Waals surface area contributed by atoms with Crippen LogP contribution in [-0.4, -0.2) is 24.5 Å². The lowest BCUT2D eigenvalue weighted by Gasteiger charge is -2.26. The molecule has 1 atom stereocenters. The number of rotatable bonds is 1. The van der Waals surface area contributed by atoms with E-state index in [2.05, 4.69) is 5.32 Å². The number of nitrogens with one attached hydrogen (secondary N) is 1. The third-order valence-electron chi connectivity index (χ3n) is 1.22. The van der Waals surface area contributed by atoms with Gasteiger partial charge in [-0.1, -0.05) is 0 Å². The largest absolute Gasteiger partial charge is 0.365 e. The molecular weight excluding hydrogens is 94.0 g/mol. The Labute approximate surface area is 42.0 Å². The molecule has 41 valence electrons. The van der Waals surface area contributed by atoms with Crippen LogP contribution in [0.4, 0.5) is 0 Å². The Morgan fingerprint density at radius 3 is 2.29 bits per heavy atom. The van der Waals surface area contributed by atoms with Gasteiger partial charge in [-0.05, 0) is 0 Å². The minimum absolute atomic E-state index is 0.0278. The first-order valence-corrected chi connectivity index (χ1v) is 2.35. The molecule has 1 aliphatic heterocycles. The van der Waals surface area contributed by atoms with E-state index >= 15 is 0 Å². The lowest BCUT2D eigenvalue weighted by atomic mass is 10.0. The van der Waals surface area contributed by atoms with Gasteiger partial charge < -0.3 is 10.4 Å². The van der Waals surface area contributed by atoms with E-state index in [1.165, 1.54) is 0 Å². The van der Waals surface area contributed by atoms with E-state index in [9.17, 15) is 5.11 Å². The minimum Gasteiger partial charge on any atom is -0.365 e. The van der Waals surface area contributed by atoms with Crippen molar-refractivity contribution in [1.29, 1.82) is 0 Å². The van der Waals surface area contributed by atoms with Gasteiger partial charge in [-0.25, -0.2) is 5.11 Å². The molecule has 1 saturated heterocycles. The summed E-state index contributed by atoms with van der Waals surface area (Å²) in [5, 5.41) is 21.2. The van der Waals surface area contributed by atoms with Gasteiger partial charge in [-0.15, -0.1) is 0 Å². The van der Waals surface area contributed by atoms with Crippen molar-refractivity contribution in [3.05, 3.63) is 0 Å². The Kier molecular flexibility index (Phi) is 1.27. The molecule has 0 aromatic heterocycles. The van der Waals surface area contributed by atoms with E-state index in [4.69, 9.17) is 5.11 Å². The lowest BCUT2D eigenvalue weighted by Crippen LogP contribution is -2.47. The van der Waals surface area contributed by atoms with E-state index in [0.29, 0.717) is 13.1 Å². The van der Waals surface area contributed by atoms with Gasteiger partial charge in [-0.2, -0.15) is 0 Å². The SMILES string of the molecule is [O]C(O)C1CNC1. The molecule has 0 aliphatic carbocycles. The average Bonchev–Trinajstić information content (AvgIpc) is 1.23. The number of hydrogen-bond donors (Lipinski definition) is 2. The standard InChI is InChI=1S/C4H8NO2/c6-4(7)3-1-5-2-3/h3-6H,1-2H2. The maximum atomic E-state index is 10.0. The molecule has 2 N–H and O–H groups in total. The van der Waals surface area contributed by atoms with E-state index in [0.717, 1.165) is 0 Å². The van der Waals surface area contributed by atoms with Crippen LogP contribution in [0.3, 0.4) is 0 Å². The van der Waals surface area contributed by atoms with E-state index in [1.807, 2.05) is 0 Å². The topological polar surface area (TPSA) is 52.2 Å². The van der Waals surface area contributed by atoms with Crippen molar-refractivity contribution < 1.29 is 10.2 Å². The summed E-state index contributed by atoms with van der Waals surface area (Å²) in [7, 11) is 0. The van der Waals surface area contributed by atoms with Crippen LogP contribution in [0.15, 0.2) is 0 Å². The molecular formula is C4H8NO2. The third kappa shape index (κ3) is 0.907. The van der Waals surface area contributed by atoms with Gasteiger partial charge in [-0.3, -0.25) is 0 Å². The Morgan fingerprint density at radius 2 is 2.29 bits per heavy atom. The maximum Gasteiger partial charge on any atom is 0.194 e. The first-order chi connectivity index (χ1) is 3.30. The van der Waals surface area contributed by atoms with Gasteiger partial charge in [0.15, 0.2) is 6.29 Å². The van der Waals surface area contributed by atoms with Crippen LogP contribution in [0.2, 0.25) is 0 Å². The average molecular weight is 102 g/mol. The van der Waals surface area contributed by atoms with Gasteiger partial charge in [0, 0.05) is 19.0 Å².